The van der Waals surface area contributed by atoms with Crippen molar-refractivity contribution in [2.24, 2.45) is 0 Å². The molecule has 1 aromatic rings. The Bertz CT molecular complexity index is 441. The first kappa shape index (κ1) is 16.4. The second-order valence-corrected chi connectivity index (χ2v) is 3.86. The molecule has 0 bridgehead atoms. The van der Waals surface area contributed by atoms with Crippen molar-refractivity contribution in [3.63, 3.8) is 0 Å². The topological polar surface area (TPSA) is 53.4 Å². The lowest BCUT2D eigenvalue weighted by Gasteiger charge is -2.15. The molecule has 0 spiro atoms. The quantitative estimate of drug-likeness (QED) is 0.544. The van der Waals surface area contributed by atoms with Crippen LogP contribution in [0.3, 0.4) is 0 Å². The smallest absolute Gasteiger partial charge is 0.330 e. The van der Waals surface area contributed by atoms with Crippen molar-refractivity contribution in [2.45, 2.75) is 25.8 Å². The number of aromatic nitrogens is 2. The number of halogens is 4. The van der Waals surface area contributed by atoms with Crippen LogP contribution in [0, 0.1) is 0 Å². The molecule has 5 nitrogen and oxygen atoms in total. The summed E-state index contributed by atoms with van der Waals surface area (Å²) in [7, 11) is 1.32. The first-order chi connectivity index (χ1) is 9.33. The molecule has 1 rings (SSSR count). The summed E-state index contributed by atoms with van der Waals surface area (Å²) in [5, 5.41) is 3.86. The van der Waals surface area contributed by atoms with Crippen LogP contribution in [-0.4, -0.2) is 48.2 Å². The van der Waals surface area contributed by atoms with Gasteiger partial charge < -0.3 is 9.47 Å². The maximum atomic E-state index is 12.6. The molecule has 0 aliphatic rings. The van der Waals surface area contributed by atoms with Gasteiger partial charge >= 0.3 is 12.3 Å². The molecule has 0 saturated carbocycles. The van der Waals surface area contributed by atoms with Gasteiger partial charge in [-0.1, -0.05) is 0 Å². The number of hydrogen-bond acceptors (Lipinski definition) is 4. The molecule has 0 amide bonds. The van der Waals surface area contributed by atoms with Crippen LogP contribution >= 0.6 is 0 Å². The molecule has 0 fully saturated rings. The van der Waals surface area contributed by atoms with Crippen molar-refractivity contribution < 1.29 is 31.8 Å². The lowest BCUT2D eigenvalue weighted by atomic mass is 10.2. The average Bonchev–Trinajstić information content (AvgIpc) is 2.80. The highest BCUT2D eigenvalue weighted by atomic mass is 19.3. The van der Waals surface area contributed by atoms with Gasteiger partial charge in [-0.2, -0.15) is 13.9 Å². The Morgan fingerprint density at radius 1 is 1.50 bits per heavy atom. The molecule has 0 atom stereocenters. The number of Topliss-reactive ketones (excluding diaryl/α,β-unsaturated/α-hetero) is 1. The number of ether oxygens (including phenoxy) is 2. The molecule has 0 aliphatic heterocycles. The largest absolute Gasteiger partial charge is 0.493 e. The molecule has 1 aromatic heterocycles. The molecule has 0 aliphatic carbocycles. The number of aryl methyl sites for hydroxylation is 1. The van der Waals surface area contributed by atoms with E-state index in [1.54, 1.807) is 6.92 Å². The molecule has 9 heteroatoms. The van der Waals surface area contributed by atoms with Gasteiger partial charge in [0, 0.05) is 6.54 Å². The summed E-state index contributed by atoms with van der Waals surface area (Å²) in [6.07, 6.45) is -2.54. The third kappa shape index (κ3) is 3.69. The average molecular weight is 298 g/mol. The van der Waals surface area contributed by atoms with Crippen LogP contribution in [0.5, 0.6) is 5.75 Å². The van der Waals surface area contributed by atoms with Crippen molar-refractivity contribution in [2.75, 3.05) is 20.3 Å². The number of nitrogens with zero attached hydrogens (tertiary/aromatic N) is 2. The highest BCUT2D eigenvalue weighted by Crippen LogP contribution is 2.23. The Morgan fingerprint density at radius 3 is 2.65 bits per heavy atom. The fourth-order valence-corrected chi connectivity index (χ4v) is 1.45. The van der Waals surface area contributed by atoms with Gasteiger partial charge in [0.15, 0.2) is 5.75 Å². The summed E-state index contributed by atoms with van der Waals surface area (Å²) < 4.78 is 59.6. The van der Waals surface area contributed by atoms with Gasteiger partial charge in [-0.25, -0.2) is 8.78 Å². The van der Waals surface area contributed by atoms with Gasteiger partial charge in [-0.05, 0) is 6.92 Å². The number of rotatable bonds is 8. The molecule has 20 heavy (non-hydrogen) atoms. The standard InChI is InChI=1S/C11H14F4N2O3/c1-3-17-9(8(19-2)4-16-17)7(18)5-20-6-11(14,15)10(12)13/h4,10H,3,5-6H2,1-2H3. The molecular formula is C11H14F4N2O3. The zero-order chi connectivity index (χ0) is 15.3. The first-order valence-electron chi connectivity index (χ1n) is 5.70. The molecule has 114 valence electrons. The summed E-state index contributed by atoms with van der Waals surface area (Å²) in [6, 6.07) is 0. The van der Waals surface area contributed by atoms with Crippen molar-refractivity contribution in [3.8, 4) is 5.75 Å². The van der Waals surface area contributed by atoms with Crippen molar-refractivity contribution in [3.05, 3.63) is 11.9 Å². The molecule has 0 saturated heterocycles. The Hall–Kier alpha value is -1.64. The van der Waals surface area contributed by atoms with E-state index in [4.69, 9.17) is 4.74 Å². The second kappa shape index (κ2) is 6.69. The predicted octanol–water partition coefficient (Wildman–Crippen LogP) is 2.01. The summed E-state index contributed by atoms with van der Waals surface area (Å²) >= 11 is 0. The molecule has 0 aromatic carbocycles. The lowest BCUT2D eigenvalue weighted by molar-refractivity contribution is -0.163. The minimum Gasteiger partial charge on any atom is -0.493 e. The third-order valence-electron chi connectivity index (χ3n) is 2.44. The molecule has 0 radical (unpaired) electrons. The van der Waals surface area contributed by atoms with Crippen LogP contribution in [0.2, 0.25) is 0 Å². The van der Waals surface area contributed by atoms with E-state index in [9.17, 15) is 22.4 Å². The maximum Gasteiger partial charge on any atom is 0.330 e. The summed E-state index contributed by atoms with van der Waals surface area (Å²) in [5.74, 6) is -4.79. The Balaban J connectivity index is 2.66. The lowest BCUT2D eigenvalue weighted by Crippen LogP contribution is -2.33. The zero-order valence-electron chi connectivity index (χ0n) is 10.9. The van der Waals surface area contributed by atoms with E-state index in [0.717, 1.165) is 0 Å². The Labute approximate surface area is 112 Å². The third-order valence-corrected chi connectivity index (χ3v) is 2.44. The molecule has 0 N–H and O–H groups in total. The van der Waals surface area contributed by atoms with E-state index in [0.29, 0.717) is 6.54 Å². The number of carbonyl (C=O) groups excluding carboxylic acids is 1. The van der Waals surface area contributed by atoms with Gasteiger partial charge in [0.1, 0.15) is 18.9 Å². The van der Waals surface area contributed by atoms with E-state index in [1.165, 1.54) is 18.0 Å². The van der Waals surface area contributed by atoms with Crippen molar-refractivity contribution >= 4 is 5.78 Å². The molecular weight excluding hydrogens is 284 g/mol. The second-order valence-electron chi connectivity index (χ2n) is 3.86. The normalized spacial score (nSPS) is 11.9. The van der Waals surface area contributed by atoms with Gasteiger partial charge in [0.2, 0.25) is 5.78 Å². The number of carbonyl (C=O) groups is 1. The SMILES string of the molecule is CCn1ncc(OC)c1C(=O)COCC(F)(F)C(F)F. The van der Waals surface area contributed by atoms with E-state index >= 15 is 0 Å². The van der Waals surface area contributed by atoms with E-state index in [2.05, 4.69) is 9.84 Å². The number of methoxy groups -OCH3 is 1. The molecule has 1 heterocycles. The number of ketones is 1. The minimum absolute atomic E-state index is 0.0513. The van der Waals surface area contributed by atoms with Crippen LogP contribution in [0.1, 0.15) is 17.4 Å². The van der Waals surface area contributed by atoms with Crippen LogP contribution in [0.25, 0.3) is 0 Å². The highest BCUT2D eigenvalue weighted by molar-refractivity contribution is 5.98. The van der Waals surface area contributed by atoms with Crippen LogP contribution < -0.4 is 4.74 Å². The monoisotopic (exact) mass is 298 g/mol. The summed E-state index contributed by atoms with van der Waals surface area (Å²) in [4.78, 5) is 11.8. The summed E-state index contributed by atoms with van der Waals surface area (Å²) in [5.41, 5.74) is 0.0513. The number of hydrogen-bond donors (Lipinski definition) is 0. The van der Waals surface area contributed by atoms with Crippen LogP contribution in [-0.2, 0) is 11.3 Å². The van der Waals surface area contributed by atoms with Gasteiger partial charge in [-0.3, -0.25) is 9.48 Å². The highest BCUT2D eigenvalue weighted by Gasteiger charge is 2.41. The Kier molecular flexibility index (Phi) is 5.49. The van der Waals surface area contributed by atoms with Crippen LogP contribution in [0.4, 0.5) is 17.6 Å². The first-order valence-corrected chi connectivity index (χ1v) is 5.70. The molecule has 0 unspecified atom stereocenters. The van der Waals surface area contributed by atoms with Gasteiger partial charge in [0.05, 0.1) is 13.3 Å². The predicted molar refractivity (Wildman–Crippen MR) is 60.6 cm³/mol. The fourth-order valence-electron chi connectivity index (χ4n) is 1.45. The maximum absolute atomic E-state index is 12.6. The van der Waals surface area contributed by atoms with Gasteiger partial charge in [0.25, 0.3) is 0 Å². The van der Waals surface area contributed by atoms with Gasteiger partial charge in [-0.15, -0.1) is 0 Å². The van der Waals surface area contributed by atoms with Crippen LogP contribution in [0.15, 0.2) is 6.20 Å². The summed E-state index contributed by atoms with van der Waals surface area (Å²) in [6.45, 7) is -0.212. The number of alkyl halides is 4. The minimum atomic E-state index is -4.28. The van der Waals surface area contributed by atoms with E-state index < -0.39 is 31.3 Å². The fraction of sp³-hybridized carbons (Fsp3) is 0.636. The van der Waals surface area contributed by atoms with Crippen molar-refractivity contribution in [1.82, 2.24) is 9.78 Å². The van der Waals surface area contributed by atoms with E-state index in [-0.39, 0.29) is 11.4 Å². The Morgan fingerprint density at radius 2 is 2.15 bits per heavy atom. The van der Waals surface area contributed by atoms with E-state index in [1.807, 2.05) is 0 Å². The zero-order valence-corrected chi connectivity index (χ0v) is 10.9. The van der Waals surface area contributed by atoms with Crippen molar-refractivity contribution in [1.29, 1.82) is 0 Å².